The number of benzene rings is 7. The normalized spacial score (nSPS) is 11.4. The first kappa shape index (κ1) is 27.0. The van der Waals surface area contributed by atoms with Gasteiger partial charge in [0, 0.05) is 16.9 Å². The SMILES string of the molecule is c1ccc(-c2cccc(-c3ccc(N(c4ccccc4)c4cccc5oc6ccc7nc(-c8ccccc8)oc7c6c45)cc3)c2)cc1. The number of para-hydroxylation sites is 1. The highest BCUT2D eigenvalue weighted by atomic mass is 16.4. The topological polar surface area (TPSA) is 42.4 Å². The minimum atomic E-state index is 0.590. The van der Waals surface area contributed by atoms with Crippen molar-refractivity contribution in [1.82, 2.24) is 4.98 Å². The lowest BCUT2D eigenvalue weighted by Gasteiger charge is -2.26. The van der Waals surface area contributed by atoms with Crippen molar-refractivity contribution in [2.75, 3.05) is 4.90 Å². The molecule has 0 aliphatic rings. The minimum Gasteiger partial charge on any atom is -0.456 e. The summed E-state index contributed by atoms with van der Waals surface area (Å²) in [7, 11) is 0. The molecule has 7 aromatic carbocycles. The van der Waals surface area contributed by atoms with E-state index in [0.29, 0.717) is 11.5 Å². The van der Waals surface area contributed by atoms with E-state index in [1.165, 1.54) is 16.7 Å². The second-order valence-corrected chi connectivity index (χ2v) is 11.6. The first-order valence-electron chi connectivity index (χ1n) is 15.7. The number of aromatic nitrogens is 1. The van der Waals surface area contributed by atoms with Gasteiger partial charge in [0.25, 0.3) is 0 Å². The molecular formula is C43H28N2O2. The van der Waals surface area contributed by atoms with Gasteiger partial charge in [-0.2, -0.15) is 0 Å². The zero-order valence-electron chi connectivity index (χ0n) is 25.4. The Morgan fingerprint density at radius 3 is 1.70 bits per heavy atom. The Morgan fingerprint density at radius 1 is 0.404 bits per heavy atom. The number of rotatable bonds is 6. The molecule has 0 amide bonds. The molecule has 0 bridgehead atoms. The van der Waals surface area contributed by atoms with Gasteiger partial charge in [0.15, 0.2) is 5.58 Å². The number of furan rings is 1. The summed E-state index contributed by atoms with van der Waals surface area (Å²) in [5, 5.41) is 1.89. The van der Waals surface area contributed by atoms with Gasteiger partial charge in [-0.25, -0.2) is 4.98 Å². The van der Waals surface area contributed by atoms with E-state index in [0.717, 1.165) is 55.6 Å². The van der Waals surface area contributed by atoms with Crippen LogP contribution in [0, 0.1) is 0 Å². The van der Waals surface area contributed by atoms with Crippen LogP contribution in [-0.2, 0) is 0 Å². The Morgan fingerprint density at radius 2 is 0.979 bits per heavy atom. The van der Waals surface area contributed by atoms with Gasteiger partial charge in [0.05, 0.1) is 16.5 Å². The molecule has 0 aliphatic heterocycles. The molecule has 4 heteroatoms. The predicted octanol–water partition coefficient (Wildman–Crippen LogP) is 12.2. The summed E-state index contributed by atoms with van der Waals surface area (Å²) in [5.74, 6) is 0.590. The molecule has 0 aliphatic carbocycles. The van der Waals surface area contributed by atoms with Crippen molar-refractivity contribution in [2.45, 2.75) is 0 Å². The number of hydrogen-bond donors (Lipinski definition) is 0. The standard InChI is InChI=1S/C43H28N2O2/c1-4-12-29(13-5-1)32-16-10-17-33(28-32)30-22-24-35(25-23-30)45(34-18-8-3-9-19-34)37-20-11-21-38-40(37)41-39(46-38)27-26-36-42(41)47-43(44-36)31-14-6-2-7-15-31/h1-28H. The van der Waals surface area contributed by atoms with Crippen LogP contribution < -0.4 is 4.90 Å². The molecule has 47 heavy (non-hydrogen) atoms. The molecule has 9 aromatic rings. The molecule has 0 saturated carbocycles. The van der Waals surface area contributed by atoms with E-state index in [4.69, 9.17) is 13.8 Å². The summed E-state index contributed by atoms with van der Waals surface area (Å²) < 4.78 is 12.9. The van der Waals surface area contributed by atoms with Crippen molar-refractivity contribution in [3.8, 4) is 33.7 Å². The van der Waals surface area contributed by atoms with Gasteiger partial charge in [-0.1, -0.05) is 103 Å². The third-order valence-corrected chi connectivity index (χ3v) is 8.70. The third kappa shape index (κ3) is 4.75. The Hall–Kier alpha value is -6.39. The average Bonchev–Trinajstić information content (AvgIpc) is 3.76. The van der Waals surface area contributed by atoms with Gasteiger partial charge >= 0.3 is 0 Å². The van der Waals surface area contributed by atoms with E-state index < -0.39 is 0 Å². The highest BCUT2D eigenvalue weighted by Crippen LogP contribution is 2.45. The molecule has 0 fully saturated rings. The average molecular weight is 605 g/mol. The molecular weight excluding hydrogens is 576 g/mol. The molecule has 0 radical (unpaired) electrons. The van der Waals surface area contributed by atoms with E-state index in [2.05, 4.69) is 108 Å². The van der Waals surface area contributed by atoms with Crippen molar-refractivity contribution in [1.29, 1.82) is 0 Å². The first-order valence-corrected chi connectivity index (χ1v) is 15.7. The zero-order chi connectivity index (χ0) is 31.2. The number of fused-ring (bicyclic) bond motifs is 5. The summed E-state index contributed by atoms with van der Waals surface area (Å²) in [6, 6.07) is 58.6. The van der Waals surface area contributed by atoms with Crippen LogP contribution in [-0.4, -0.2) is 4.98 Å². The number of hydrogen-bond acceptors (Lipinski definition) is 4. The van der Waals surface area contributed by atoms with Crippen molar-refractivity contribution in [3.63, 3.8) is 0 Å². The van der Waals surface area contributed by atoms with E-state index in [-0.39, 0.29) is 0 Å². The lowest BCUT2D eigenvalue weighted by atomic mass is 9.99. The van der Waals surface area contributed by atoms with Crippen LogP contribution in [0.1, 0.15) is 0 Å². The smallest absolute Gasteiger partial charge is 0.227 e. The molecule has 4 nitrogen and oxygen atoms in total. The van der Waals surface area contributed by atoms with E-state index in [9.17, 15) is 0 Å². The molecule has 222 valence electrons. The Kier molecular flexibility index (Phi) is 6.43. The van der Waals surface area contributed by atoms with Crippen molar-refractivity contribution in [3.05, 3.63) is 170 Å². The Labute approximate surface area is 271 Å². The van der Waals surface area contributed by atoms with Crippen LogP contribution in [0.15, 0.2) is 179 Å². The molecule has 2 heterocycles. The molecule has 9 rings (SSSR count). The Balaban J connectivity index is 1.20. The quantitative estimate of drug-likeness (QED) is 0.189. The molecule has 0 atom stereocenters. The lowest BCUT2D eigenvalue weighted by Crippen LogP contribution is -2.10. The highest BCUT2D eigenvalue weighted by molar-refractivity contribution is 6.21. The molecule has 2 aromatic heterocycles. The fourth-order valence-electron chi connectivity index (χ4n) is 6.48. The lowest BCUT2D eigenvalue weighted by molar-refractivity contribution is 0.622. The summed E-state index contributed by atoms with van der Waals surface area (Å²) in [4.78, 5) is 7.14. The number of anilines is 3. The maximum Gasteiger partial charge on any atom is 0.227 e. The van der Waals surface area contributed by atoms with Gasteiger partial charge in [-0.15, -0.1) is 0 Å². The molecule has 0 spiro atoms. The highest BCUT2D eigenvalue weighted by Gasteiger charge is 2.23. The monoisotopic (exact) mass is 604 g/mol. The van der Waals surface area contributed by atoms with Gasteiger partial charge in [0.1, 0.15) is 16.7 Å². The summed E-state index contributed by atoms with van der Waals surface area (Å²) in [5.41, 5.74) is 11.8. The second-order valence-electron chi connectivity index (χ2n) is 11.6. The second kappa shape index (κ2) is 11.2. The van der Waals surface area contributed by atoms with Crippen LogP contribution in [0.3, 0.4) is 0 Å². The van der Waals surface area contributed by atoms with Crippen molar-refractivity contribution >= 4 is 50.1 Å². The van der Waals surface area contributed by atoms with Gasteiger partial charge in [0.2, 0.25) is 5.89 Å². The van der Waals surface area contributed by atoms with Crippen molar-refractivity contribution < 1.29 is 8.83 Å². The molecule has 0 saturated heterocycles. The van der Waals surface area contributed by atoms with Crippen LogP contribution in [0.5, 0.6) is 0 Å². The molecule has 0 N–H and O–H groups in total. The van der Waals surface area contributed by atoms with Crippen LogP contribution >= 0.6 is 0 Å². The zero-order valence-corrected chi connectivity index (χ0v) is 25.4. The maximum atomic E-state index is 6.50. The maximum absolute atomic E-state index is 6.50. The largest absolute Gasteiger partial charge is 0.456 e. The van der Waals surface area contributed by atoms with Gasteiger partial charge in [-0.05, 0) is 89.0 Å². The third-order valence-electron chi connectivity index (χ3n) is 8.70. The van der Waals surface area contributed by atoms with Crippen LogP contribution in [0.25, 0.3) is 66.7 Å². The summed E-state index contributed by atoms with van der Waals surface area (Å²) in [6.45, 7) is 0. The van der Waals surface area contributed by atoms with Gasteiger partial charge in [-0.3, -0.25) is 0 Å². The van der Waals surface area contributed by atoms with Crippen LogP contribution in [0.2, 0.25) is 0 Å². The van der Waals surface area contributed by atoms with Crippen molar-refractivity contribution in [2.24, 2.45) is 0 Å². The number of nitrogens with zero attached hydrogens (tertiary/aromatic N) is 2. The van der Waals surface area contributed by atoms with E-state index >= 15 is 0 Å². The Bertz CT molecular complexity index is 2500. The fourth-order valence-corrected chi connectivity index (χ4v) is 6.48. The predicted molar refractivity (Wildman–Crippen MR) is 192 cm³/mol. The summed E-state index contributed by atoms with van der Waals surface area (Å²) >= 11 is 0. The van der Waals surface area contributed by atoms with Gasteiger partial charge < -0.3 is 13.7 Å². The first-order chi connectivity index (χ1) is 23.3. The van der Waals surface area contributed by atoms with Crippen LogP contribution in [0.4, 0.5) is 17.1 Å². The number of oxazole rings is 1. The summed E-state index contributed by atoms with van der Waals surface area (Å²) in [6.07, 6.45) is 0. The fraction of sp³-hybridized carbons (Fsp3) is 0. The van der Waals surface area contributed by atoms with E-state index in [1.807, 2.05) is 66.7 Å². The minimum absolute atomic E-state index is 0.590. The van der Waals surface area contributed by atoms with E-state index in [1.54, 1.807) is 0 Å². The molecule has 0 unspecified atom stereocenters.